The first kappa shape index (κ1) is 11.8. The van der Waals surface area contributed by atoms with Crippen LogP contribution in [0.1, 0.15) is 24.2 Å². The third-order valence-corrected chi connectivity index (χ3v) is 3.63. The summed E-state index contributed by atoms with van der Waals surface area (Å²) in [6.07, 6.45) is 3.36. The van der Waals surface area contributed by atoms with Gasteiger partial charge in [0.1, 0.15) is 17.8 Å². The number of hydrogen-bond acceptors (Lipinski definition) is 4. The quantitative estimate of drug-likeness (QED) is 0.755. The second-order valence-corrected chi connectivity index (χ2v) is 4.73. The Morgan fingerprint density at radius 1 is 1.53 bits per heavy atom. The number of carbonyl (C=O) groups excluding carboxylic acids is 2. The molecular formula is C12H12N2O5. The molecule has 1 aromatic rings. The number of nitrogens with one attached hydrogen (secondary N) is 1. The minimum Gasteiger partial charge on any atom is -0.480 e. The fourth-order valence-electron chi connectivity index (χ4n) is 2.82. The van der Waals surface area contributed by atoms with Crippen LogP contribution in [0.3, 0.4) is 0 Å². The minimum absolute atomic E-state index is 0.459. The van der Waals surface area contributed by atoms with Crippen LogP contribution in [0.25, 0.3) is 0 Å². The number of urea groups is 1. The van der Waals surface area contributed by atoms with Gasteiger partial charge in [0.15, 0.2) is 0 Å². The molecule has 3 rings (SSSR count). The van der Waals surface area contributed by atoms with E-state index in [2.05, 4.69) is 5.32 Å². The summed E-state index contributed by atoms with van der Waals surface area (Å²) in [5.74, 6) is -1.05. The summed E-state index contributed by atoms with van der Waals surface area (Å²) >= 11 is 0. The maximum absolute atomic E-state index is 12.4. The third kappa shape index (κ3) is 1.54. The van der Waals surface area contributed by atoms with Gasteiger partial charge in [-0.3, -0.25) is 14.5 Å². The van der Waals surface area contributed by atoms with Gasteiger partial charge in [-0.25, -0.2) is 4.79 Å². The van der Waals surface area contributed by atoms with Crippen LogP contribution in [0, 0.1) is 0 Å². The fourth-order valence-corrected chi connectivity index (χ4v) is 2.82. The van der Waals surface area contributed by atoms with Gasteiger partial charge in [0.25, 0.3) is 5.91 Å². The van der Waals surface area contributed by atoms with E-state index in [0.717, 1.165) is 4.90 Å². The lowest BCUT2D eigenvalue weighted by Crippen LogP contribution is -2.46. The Kier molecular flexibility index (Phi) is 2.38. The van der Waals surface area contributed by atoms with Gasteiger partial charge >= 0.3 is 12.0 Å². The second kappa shape index (κ2) is 3.84. The van der Waals surface area contributed by atoms with Crippen LogP contribution >= 0.6 is 0 Å². The number of nitrogens with zero attached hydrogens (tertiary/aromatic N) is 1. The molecule has 1 spiro atoms. The molecule has 0 saturated carbocycles. The van der Waals surface area contributed by atoms with E-state index in [1.165, 1.54) is 6.26 Å². The number of aliphatic carboxylic acids is 1. The molecule has 0 radical (unpaired) electrons. The predicted molar refractivity (Wildman–Crippen MR) is 61.2 cm³/mol. The Labute approximate surface area is 108 Å². The van der Waals surface area contributed by atoms with Crippen molar-refractivity contribution < 1.29 is 23.9 Å². The van der Waals surface area contributed by atoms with Gasteiger partial charge in [-0.15, -0.1) is 0 Å². The number of hydrogen-bond donors (Lipinski definition) is 2. The van der Waals surface area contributed by atoms with E-state index in [1.807, 2.05) is 0 Å². The van der Waals surface area contributed by atoms with Gasteiger partial charge in [-0.05, 0) is 18.9 Å². The largest absolute Gasteiger partial charge is 0.480 e. The molecule has 1 aliphatic carbocycles. The SMILES string of the molecule is O=C(O)CN1C(=O)NC2(CCCc3occc32)C1=O. The van der Waals surface area contributed by atoms with E-state index in [9.17, 15) is 14.4 Å². The normalized spacial score (nSPS) is 25.6. The summed E-state index contributed by atoms with van der Waals surface area (Å²) in [5, 5.41) is 11.4. The minimum atomic E-state index is -1.22. The van der Waals surface area contributed by atoms with Gasteiger partial charge in [0, 0.05) is 12.0 Å². The third-order valence-electron chi connectivity index (χ3n) is 3.63. The average molecular weight is 264 g/mol. The molecule has 3 amide bonds. The van der Waals surface area contributed by atoms with Crippen LogP contribution in [-0.2, 0) is 21.5 Å². The maximum Gasteiger partial charge on any atom is 0.325 e. The molecule has 1 atom stereocenters. The van der Waals surface area contributed by atoms with Crippen LogP contribution in [0.4, 0.5) is 4.79 Å². The standard InChI is InChI=1S/C12H12N2O5/c15-9(16)6-14-10(17)12(13-11(14)18)4-1-2-8-7(12)3-5-19-8/h3,5H,1-2,4,6H2,(H,13,18)(H,15,16). The molecule has 7 nitrogen and oxygen atoms in total. The van der Waals surface area contributed by atoms with Crippen molar-refractivity contribution in [2.75, 3.05) is 6.54 Å². The van der Waals surface area contributed by atoms with Crippen molar-refractivity contribution >= 4 is 17.9 Å². The van der Waals surface area contributed by atoms with E-state index >= 15 is 0 Å². The lowest BCUT2D eigenvalue weighted by molar-refractivity contribution is -0.143. The number of aryl methyl sites for hydroxylation is 1. The molecule has 19 heavy (non-hydrogen) atoms. The summed E-state index contributed by atoms with van der Waals surface area (Å²) in [6.45, 7) is -0.625. The molecule has 1 aliphatic heterocycles. The molecule has 100 valence electrons. The molecular weight excluding hydrogens is 252 g/mol. The molecule has 7 heteroatoms. The molecule has 1 unspecified atom stereocenters. The van der Waals surface area contributed by atoms with Crippen LogP contribution < -0.4 is 5.32 Å². The van der Waals surface area contributed by atoms with Crippen molar-refractivity contribution in [3.05, 3.63) is 23.7 Å². The van der Waals surface area contributed by atoms with Crippen molar-refractivity contribution in [1.29, 1.82) is 0 Å². The molecule has 0 aromatic carbocycles. The summed E-state index contributed by atoms with van der Waals surface area (Å²) in [6, 6.07) is 0.998. The van der Waals surface area contributed by atoms with Crippen molar-refractivity contribution in [3.63, 3.8) is 0 Å². The van der Waals surface area contributed by atoms with E-state index in [4.69, 9.17) is 9.52 Å². The van der Waals surface area contributed by atoms with Crippen molar-refractivity contribution in [2.24, 2.45) is 0 Å². The Balaban J connectivity index is 2.02. The number of carboxylic acids is 1. The Hall–Kier alpha value is -2.31. The van der Waals surface area contributed by atoms with E-state index < -0.39 is 30.0 Å². The zero-order chi connectivity index (χ0) is 13.6. The van der Waals surface area contributed by atoms with E-state index in [-0.39, 0.29) is 0 Å². The lowest BCUT2D eigenvalue weighted by Gasteiger charge is -2.30. The smallest absolute Gasteiger partial charge is 0.325 e. The van der Waals surface area contributed by atoms with E-state index in [1.54, 1.807) is 6.07 Å². The van der Waals surface area contributed by atoms with Gasteiger partial charge in [-0.1, -0.05) is 0 Å². The highest BCUT2D eigenvalue weighted by molar-refractivity contribution is 6.09. The second-order valence-electron chi connectivity index (χ2n) is 4.73. The topological polar surface area (TPSA) is 99.8 Å². The lowest BCUT2D eigenvalue weighted by atomic mass is 9.80. The van der Waals surface area contributed by atoms with Crippen molar-refractivity contribution in [2.45, 2.75) is 24.8 Å². The number of fused-ring (bicyclic) bond motifs is 2. The van der Waals surface area contributed by atoms with Crippen molar-refractivity contribution in [3.8, 4) is 0 Å². The van der Waals surface area contributed by atoms with Gasteiger partial charge < -0.3 is 14.8 Å². The molecule has 2 heterocycles. The number of carbonyl (C=O) groups is 3. The summed E-state index contributed by atoms with van der Waals surface area (Å²) in [7, 11) is 0. The van der Waals surface area contributed by atoms with Gasteiger partial charge in [0.2, 0.25) is 0 Å². The first-order chi connectivity index (χ1) is 9.04. The Morgan fingerprint density at radius 3 is 3.05 bits per heavy atom. The van der Waals surface area contributed by atoms with Gasteiger partial charge in [0.05, 0.1) is 6.26 Å². The molecule has 1 saturated heterocycles. The van der Waals surface area contributed by atoms with Crippen LogP contribution in [0.2, 0.25) is 0 Å². The summed E-state index contributed by atoms with van der Waals surface area (Å²) in [5.41, 5.74) is -0.502. The number of imide groups is 1. The molecule has 1 aromatic heterocycles. The zero-order valence-electron chi connectivity index (χ0n) is 10.0. The number of carboxylic acid groups (broad SMARTS) is 1. The highest BCUT2D eigenvalue weighted by atomic mass is 16.4. The van der Waals surface area contributed by atoms with Crippen LogP contribution in [0.5, 0.6) is 0 Å². The zero-order valence-corrected chi connectivity index (χ0v) is 10.0. The number of amides is 3. The fraction of sp³-hybridized carbons (Fsp3) is 0.417. The molecule has 2 N–H and O–H groups in total. The van der Waals surface area contributed by atoms with Gasteiger partial charge in [-0.2, -0.15) is 0 Å². The first-order valence-electron chi connectivity index (χ1n) is 5.97. The molecule has 0 bridgehead atoms. The number of rotatable bonds is 2. The highest BCUT2D eigenvalue weighted by Crippen LogP contribution is 2.40. The average Bonchev–Trinajstić information content (AvgIpc) is 2.91. The molecule has 2 aliphatic rings. The first-order valence-corrected chi connectivity index (χ1v) is 5.97. The Bertz CT molecular complexity index is 578. The summed E-state index contributed by atoms with van der Waals surface area (Å²) in [4.78, 5) is 35.7. The highest BCUT2D eigenvalue weighted by Gasteiger charge is 2.55. The Morgan fingerprint density at radius 2 is 2.32 bits per heavy atom. The van der Waals surface area contributed by atoms with Crippen LogP contribution in [0.15, 0.2) is 16.7 Å². The van der Waals surface area contributed by atoms with E-state index in [0.29, 0.717) is 30.6 Å². The maximum atomic E-state index is 12.4. The monoisotopic (exact) mass is 264 g/mol. The van der Waals surface area contributed by atoms with Crippen molar-refractivity contribution in [1.82, 2.24) is 10.2 Å². The number of furan rings is 1. The molecule has 1 fully saturated rings. The van der Waals surface area contributed by atoms with Crippen LogP contribution in [-0.4, -0.2) is 34.5 Å². The predicted octanol–water partition coefficient (Wildman–Crippen LogP) is 0.448. The summed E-state index contributed by atoms with van der Waals surface area (Å²) < 4.78 is 5.30.